The average molecular weight is 549 g/mol. The molecule has 10 heteroatoms. The van der Waals surface area contributed by atoms with Crippen LogP contribution in [0.3, 0.4) is 0 Å². The van der Waals surface area contributed by atoms with Gasteiger partial charge in [-0.15, -0.1) is 0 Å². The van der Waals surface area contributed by atoms with E-state index in [1.54, 1.807) is 24.3 Å². The zero-order chi connectivity index (χ0) is 28.3. The summed E-state index contributed by atoms with van der Waals surface area (Å²) in [7, 11) is 0. The normalized spacial score (nSPS) is 17.7. The molecular weight excluding hydrogens is 519 g/mol. The van der Waals surface area contributed by atoms with Crippen molar-refractivity contribution in [3.05, 3.63) is 76.6 Å². The van der Waals surface area contributed by atoms with Crippen molar-refractivity contribution in [3.63, 3.8) is 0 Å². The Kier molecular flexibility index (Phi) is 8.36. The van der Waals surface area contributed by atoms with E-state index in [0.29, 0.717) is 23.8 Å². The minimum atomic E-state index is -1.00. The third-order valence-corrected chi connectivity index (χ3v) is 7.13. The number of hydrogen-bond acceptors (Lipinski definition) is 5. The van der Waals surface area contributed by atoms with Gasteiger partial charge in [-0.1, -0.05) is 55.8 Å². The summed E-state index contributed by atoms with van der Waals surface area (Å²) in [5, 5.41) is 22.9. The third kappa shape index (κ3) is 5.81. The number of carbonyl (C=O) groups is 1. The van der Waals surface area contributed by atoms with Gasteiger partial charge in [-0.25, -0.2) is 14.2 Å². The number of amides is 1. The highest BCUT2D eigenvalue weighted by molar-refractivity contribution is 6.33. The van der Waals surface area contributed by atoms with Crippen LogP contribution in [0.1, 0.15) is 44.7 Å². The second kappa shape index (κ2) is 11.7. The van der Waals surface area contributed by atoms with E-state index in [9.17, 15) is 19.6 Å². The number of benzene rings is 2. The number of hydrogen-bond donors (Lipinski definition) is 2. The largest absolute Gasteiger partial charge is 0.465 e. The SMILES string of the molecule is CC(C)c1ccccc1Nc1nc(-c2ccccc2F)c(Cl)cc1C(=NC#N)N1C[C@@H](C)N(C(=O)O)C[C@@H]1C. The molecule has 0 unspecified atom stereocenters. The van der Waals surface area contributed by atoms with E-state index >= 15 is 0 Å². The molecule has 202 valence electrons. The Morgan fingerprint density at radius 3 is 2.46 bits per heavy atom. The molecule has 2 N–H and O–H groups in total. The molecule has 0 radical (unpaired) electrons. The average Bonchev–Trinajstić information content (AvgIpc) is 2.90. The van der Waals surface area contributed by atoms with Crippen LogP contribution in [-0.2, 0) is 0 Å². The van der Waals surface area contributed by atoms with Crippen LogP contribution < -0.4 is 5.32 Å². The fourth-order valence-electron chi connectivity index (χ4n) is 4.85. The summed E-state index contributed by atoms with van der Waals surface area (Å²) >= 11 is 6.71. The molecule has 2 aromatic carbocycles. The van der Waals surface area contributed by atoms with Gasteiger partial charge in [0.15, 0.2) is 5.84 Å². The highest BCUT2D eigenvalue weighted by Gasteiger charge is 2.35. The number of aliphatic imine (C=N–C) groups is 1. The first-order valence-corrected chi connectivity index (χ1v) is 13.0. The summed E-state index contributed by atoms with van der Waals surface area (Å²) in [6, 6.07) is 15.0. The lowest BCUT2D eigenvalue weighted by Gasteiger charge is -2.44. The van der Waals surface area contributed by atoms with Crippen LogP contribution in [0.25, 0.3) is 11.3 Å². The smallest absolute Gasteiger partial charge is 0.407 e. The number of halogens is 2. The van der Waals surface area contributed by atoms with Crippen LogP contribution in [-0.4, -0.2) is 57.0 Å². The first-order valence-electron chi connectivity index (χ1n) is 12.7. The van der Waals surface area contributed by atoms with Gasteiger partial charge in [-0.05, 0) is 49.6 Å². The molecule has 1 aromatic heterocycles. The van der Waals surface area contributed by atoms with E-state index in [-0.39, 0.29) is 40.8 Å². The predicted octanol–water partition coefficient (Wildman–Crippen LogP) is 6.71. The Morgan fingerprint density at radius 2 is 1.79 bits per heavy atom. The van der Waals surface area contributed by atoms with Crippen molar-refractivity contribution in [1.29, 1.82) is 5.26 Å². The van der Waals surface area contributed by atoms with Crippen molar-refractivity contribution in [2.45, 2.75) is 45.7 Å². The second-order valence-electron chi connectivity index (χ2n) is 9.88. The summed E-state index contributed by atoms with van der Waals surface area (Å²) in [5.74, 6) is 0.389. The maximum absolute atomic E-state index is 14.8. The quantitative estimate of drug-likeness (QED) is 0.208. The van der Waals surface area contributed by atoms with Gasteiger partial charge in [0, 0.05) is 36.4 Å². The molecule has 39 heavy (non-hydrogen) atoms. The number of anilines is 2. The van der Waals surface area contributed by atoms with Crippen LogP contribution in [0.2, 0.25) is 5.02 Å². The molecule has 2 heterocycles. The number of piperazine rings is 1. The summed E-state index contributed by atoms with van der Waals surface area (Å²) in [4.78, 5) is 23.9. The van der Waals surface area contributed by atoms with Crippen molar-refractivity contribution in [3.8, 4) is 17.5 Å². The van der Waals surface area contributed by atoms with E-state index < -0.39 is 11.9 Å². The zero-order valence-corrected chi connectivity index (χ0v) is 22.9. The molecule has 0 spiro atoms. The van der Waals surface area contributed by atoms with Crippen LogP contribution >= 0.6 is 11.6 Å². The molecule has 1 saturated heterocycles. The number of pyridine rings is 1. The van der Waals surface area contributed by atoms with Crippen LogP contribution in [0.15, 0.2) is 59.6 Å². The Bertz CT molecular complexity index is 1450. The number of nitriles is 1. The number of nitrogens with zero attached hydrogens (tertiary/aromatic N) is 5. The van der Waals surface area contributed by atoms with E-state index in [4.69, 9.17) is 16.6 Å². The number of para-hydroxylation sites is 1. The molecule has 3 aromatic rings. The van der Waals surface area contributed by atoms with E-state index in [2.05, 4.69) is 24.2 Å². The number of rotatable bonds is 5. The number of amidine groups is 1. The highest BCUT2D eigenvalue weighted by atomic mass is 35.5. The molecule has 1 aliphatic heterocycles. The fraction of sp³-hybridized carbons (Fsp3) is 0.310. The van der Waals surface area contributed by atoms with Gasteiger partial charge in [0.05, 0.1) is 16.3 Å². The van der Waals surface area contributed by atoms with Crippen molar-refractivity contribution < 1.29 is 14.3 Å². The maximum Gasteiger partial charge on any atom is 0.407 e. The lowest BCUT2D eigenvalue weighted by molar-refractivity contribution is 0.0751. The van der Waals surface area contributed by atoms with Gasteiger partial charge in [0.1, 0.15) is 11.6 Å². The van der Waals surface area contributed by atoms with Crippen LogP contribution in [0.5, 0.6) is 0 Å². The van der Waals surface area contributed by atoms with E-state index in [1.165, 1.54) is 11.0 Å². The van der Waals surface area contributed by atoms with Gasteiger partial charge in [0.2, 0.25) is 6.19 Å². The molecule has 0 aliphatic carbocycles. The van der Waals surface area contributed by atoms with Gasteiger partial charge in [-0.3, -0.25) is 0 Å². The third-order valence-electron chi connectivity index (χ3n) is 6.84. The van der Waals surface area contributed by atoms with Gasteiger partial charge < -0.3 is 20.2 Å². The summed E-state index contributed by atoms with van der Waals surface area (Å²) in [6.45, 7) is 8.38. The molecule has 4 rings (SSSR count). The molecule has 2 atom stereocenters. The minimum Gasteiger partial charge on any atom is -0.465 e. The van der Waals surface area contributed by atoms with Crippen LogP contribution in [0, 0.1) is 17.3 Å². The standard InChI is InChI=1S/C29H30ClFN6O2/c1-17(2)20-9-6-8-12-25(20)34-27-22(13-23(30)26(35-27)21-10-5-7-11-24(21)31)28(33-16-32)36-14-19(4)37(29(38)39)15-18(36)3/h5-13,17-19H,14-15H2,1-4H3,(H,34,35)(H,38,39)/t18-,19+/m0/s1. The van der Waals surface area contributed by atoms with E-state index in [0.717, 1.165) is 11.3 Å². The number of nitrogens with one attached hydrogen (secondary N) is 1. The Morgan fingerprint density at radius 1 is 1.15 bits per heavy atom. The zero-order valence-electron chi connectivity index (χ0n) is 22.2. The molecule has 1 fully saturated rings. The molecule has 0 bridgehead atoms. The lowest BCUT2D eigenvalue weighted by Crippen LogP contribution is -2.59. The fourth-order valence-corrected chi connectivity index (χ4v) is 5.11. The Hall–Kier alpha value is -4.16. The molecule has 1 aliphatic rings. The predicted molar refractivity (Wildman–Crippen MR) is 151 cm³/mol. The minimum absolute atomic E-state index is 0.188. The van der Waals surface area contributed by atoms with Gasteiger partial charge in [-0.2, -0.15) is 10.3 Å². The molecule has 8 nitrogen and oxygen atoms in total. The van der Waals surface area contributed by atoms with Crippen LogP contribution in [0.4, 0.5) is 20.7 Å². The first-order chi connectivity index (χ1) is 18.6. The maximum atomic E-state index is 14.8. The van der Waals surface area contributed by atoms with Crippen molar-refractivity contribution >= 4 is 35.0 Å². The topological polar surface area (TPSA) is 105 Å². The van der Waals surface area contributed by atoms with Crippen molar-refractivity contribution in [1.82, 2.24) is 14.8 Å². The summed E-state index contributed by atoms with van der Waals surface area (Å²) in [6.07, 6.45) is 0.886. The molecule has 0 saturated carbocycles. The number of aromatic nitrogens is 1. The van der Waals surface area contributed by atoms with Crippen molar-refractivity contribution in [2.75, 3.05) is 18.4 Å². The Balaban J connectivity index is 1.89. The summed E-state index contributed by atoms with van der Waals surface area (Å²) in [5.41, 5.74) is 2.78. The van der Waals surface area contributed by atoms with Crippen molar-refractivity contribution in [2.24, 2.45) is 4.99 Å². The Labute approximate surface area is 232 Å². The first kappa shape index (κ1) is 27.9. The lowest BCUT2D eigenvalue weighted by atomic mass is 10.0. The second-order valence-corrected chi connectivity index (χ2v) is 10.3. The molecular formula is C29H30ClFN6O2. The monoisotopic (exact) mass is 548 g/mol. The molecule has 1 amide bonds. The van der Waals surface area contributed by atoms with Gasteiger partial charge >= 0.3 is 6.09 Å². The number of carboxylic acid groups (broad SMARTS) is 1. The highest BCUT2D eigenvalue weighted by Crippen LogP contribution is 2.35. The van der Waals surface area contributed by atoms with Gasteiger partial charge in [0.25, 0.3) is 0 Å². The van der Waals surface area contributed by atoms with E-state index in [1.807, 2.05) is 49.2 Å². The summed E-state index contributed by atoms with van der Waals surface area (Å²) < 4.78 is 14.8.